The van der Waals surface area contributed by atoms with Gasteiger partial charge < -0.3 is 20.1 Å². The number of aromatic nitrogens is 1. The van der Waals surface area contributed by atoms with Crippen molar-refractivity contribution in [3.05, 3.63) is 54.2 Å². The number of nitrogens with zero attached hydrogens (tertiary/aromatic N) is 1. The molecule has 3 aromatic rings. The van der Waals surface area contributed by atoms with Crippen LogP contribution in [0.4, 0.5) is 5.69 Å². The van der Waals surface area contributed by atoms with Crippen LogP contribution in [0.3, 0.4) is 0 Å². The number of benzene rings is 2. The van der Waals surface area contributed by atoms with Crippen LogP contribution < -0.4 is 20.1 Å². The van der Waals surface area contributed by atoms with E-state index in [1.54, 1.807) is 0 Å². The van der Waals surface area contributed by atoms with Crippen molar-refractivity contribution in [2.45, 2.75) is 40.0 Å². The molecule has 0 saturated heterocycles. The fourth-order valence-corrected chi connectivity index (χ4v) is 3.14. The lowest BCUT2D eigenvalue weighted by atomic mass is 10.1. The topological polar surface area (TPSA) is 72.5 Å². The van der Waals surface area contributed by atoms with Crippen LogP contribution in [0.15, 0.2) is 48.5 Å². The Morgan fingerprint density at radius 2 is 1.77 bits per heavy atom. The first kappa shape index (κ1) is 22.6. The van der Waals surface area contributed by atoms with E-state index in [-0.39, 0.29) is 5.91 Å². The molecule has 1 amide bonds. The van der Waals surface area contributed by atoms with Gasteiger partial charge in [-0.3, -0.25) is 9.78 Å². The van der Waals surface area contributed by atoms with Crippen molar-refractivity contribution in [3.8, 4) is 17.2 Å². The average molecular weight is 422 g/mol. The van der Waals surface area contributed by atoms with Crippen molar-refractivity contribution in [2.24, 2.45) is 0 Å². The molecule has 0 radical (unpaired) electrons. The zero-order valence-electron chi connectivity index (χ0n) is 18.5. The molecule has 1 aromatic heterocycles. The quantitative estimate of drug-likeness (QED) is 0.403. The zero-order valence-corrected chi connectivity index (χ0v) is 18.5. The Bertz CT molecular complexity index is 1000. The van der Waals surface area contributed by atoms with Gasteiger partial charge in [0.15, 0.2) is 0 Å². The lowest BCUT2D eigenvalue weighted by molar-refractivity contribution is -0.115. The molecule has 0 aliphatic heterocycles. The third kappa shape index (κ3) is 6.69. The summed E-state index contributed by atoms with van der Waals surface area (Å²) in [6.45, 7) is 7.99. The fraction of sp³-hybridized carbons (Fsp3) is 0.360. The van der Waals surface area contributed by atoms with E-state index in [4.69, 9.17) is 9.47 Å². The Kier molecular flexibility index (Phi) is 8.24. The highest BCUT2D eigenvalue weighted by Crippen LogP contribution is 2.31. The molecular weight excluding hydrogens is 390 g/mol. The van der Waals surface area contributed by atoms with Crippen molar-refractivity contribution in [1.82, 2.24) is 10.3 Å². The van der Waals surface area contributed by atoms with E-state index in [1.165, 1.54) is 0 Å². The summed E-state index contributed by atoms with van der Waals surface area (Å²) in [4.78, 5) is 16.5. The number of amides is 1. The second kappa shape index (κ2) is 11.3. The smallest absolute Gasteiger partial charge is 0.238 e. The minimum absolute atomic E-state index is 0.0601. The van der Waals surface area contributed by atoms with Gasteiger partial charge in [-0.2, -0.15) is 0 Å². The first-order valence-electron chi connectivity index (χ1n) is 10.9. The first-order chi connectivity index (χ1) is 15.1. The van der Waals surface area contributed by atoms with Crippen molar-refractivity contribution in [1.29, 1.82) is 0 Å². The maximum atomic E-state index is 11.9. The second-order valence-corrected chi connectivity index (χ2v) is 7.49. The van der Waals surface area contributed by atoms with Gasteiger partial charge in [0.05, 0.1) is 18.7 Å². The van der Waals surface area contributed by atoms with Crippen LogP contribution in [-0.4, -0.2) is 30.6 Å². The number of anilines is 1. The highest BCUT2D eigenvalue weighted by Gasteiger charge is 2.08. The minimum Gasteiger partial charge on any atom is -0.493 e. The number of carbonyl (C=O) groups excluding carboxylic acids is 1. The molecule has 31 heavy (non-hydrogen) atoms. The summed E-state index contributed by atoms with van der Waals surface area (Å²) in [6.07, 6.45) is 3.09. The van der Waals surface area contributed by atoms with E-state index < -0.39 is 0 Å². The molecule has 0 aliphatic rings. The monoisotopic (exact) mass is 421 g/mol. The van der Waals surface area contributed by atoms with Gasteiger partial charge in [-0.25, -0.2) is 0 Å². The number of aryl methyl sites for hydroxylation is 1. The minimum atomic E-state index is -0.0601. The molecule has 0 aliphatic carbocycles. The SMILES string of the molecule is CCCCOc1cc(C)nc2ccc(Oc3ccc(NC(=O)CNCCC)cc3)cc12. The Labute approximate surface area is 184 Å². The van der Waals surface area contributed by atoms with Crippen LogP contribution in [0.5, 0.6) is 17.2 Å². The van der Waals surface area contributed by atoms with Crippen molar-refractivity contribution >= 4 is 22.5 Å². The van der Waals surface area contributed by atoms with E-state index in [0.29, 0.717) is 24.7 Å². The molecule has 0 saturated carbocycles. The summed E-state index contributed by atoms with van der Waals surface area (Å²) in [6, 6.07) is 15.1. The molecule has 6 heteroatoms. The van der Waals surface area contributed by atoms with Gasteiger partial charge in [-0.15, -0.1) is 0 Å². The number of unbranched alkanes of at least 4 members (excludes halogenated alkanes) is 1. The van der Waals surface area contributed by atoms with Crippen molar-refractivity contribution < 1.29 is 14.3 Å². The Hall–Kier alpha value is -3.12. The summed E-state index contributed by atoms with van der Waals surface area (Å²) >= 11 is 0. The van der Waals surface area contributed by atoms with Gasteiger partial charge >= 0.3 is 0 Å². The van der Waals surface area contributed by atoms with E-state index in [0.717, 1.165) is 53.8 Å². The number of ether oxygens (including phenoxy) is 2. The van der Waals surface area contributed by atoms with E-state index >= 15 is 0 Å². The van der Waals surface area contributed by atoms with Crippen molar-refractivity contribution in [3.63, 3.8) is 0 Å². The second-order valence-electron chi connectivity index (χ2n) is 7.49. The maximum absolute atomic E-state index is 11.9. The summed E-state index contributed by atoms with van der Waals surface area (Å²) in [5.41, 5.74) is 2.55. The number of rotatable bonds is 11. The van der Waals surface area contributed by atoms with Gasteiger partial charge in [0, 0.05) is 22.8 Å². The molecule has 0 bridgehead atoms. The van der Waals surface area contributed by atoms with Gasteiger partial charge in [0.2, 0.25) is 5.91 Å². The van der Waals surface area contributed by atoms with Gasteiger partial charge in [-0.05, 0) is 68.8 Å². The van der Waals surface area contributed by atoms with Gasteiger partial charge in [0.1, 0.15) is 17.2 Å². The predicted octanol–water partition coefficient (Wildman–Crippen LogP) is 5.45. The normalized spacial score (nSPS) is 10.8. The molecule has 6 nitrogen and oxygen atoms in total. The molecular formula is C25H31N3O3. The van der Waals surface area contributed by atoms with E-state index in [1.807, 2.05) is 55.5 Å². The Morgan fingerprint density at radius 3 is 2.52 bits per heavy atom. The van der Waals surface area contributed by atoms with Crippen LogP contribution in [-0.2, 0) is 4.79 Å². The highest BCUT2D eigenvalue weighted by atomic mass is 16.5. The molecule has 3 rings (SSSR count). The van der Waals surface area contributed by atoms with Gasteiger partial charge in [0.25, 0.3) is 0 Å². The molecule has 2 aromatic carbocycles. The molecule has 0 fully saturated rings. The standard InChI is InChI=1S/C25H31N3O3/c1-4-6-14-30-24-15-18(3)27-23-12-11-21(16-22(23)24)31-20-9-7-19(8-10-20)28-25(29)17-26-13-5-2/h7-12,15-16,26H,4-6,13-14,17H2,1-3H3,(H,28,29). The Balaban J connectivity index is 1.69. The first-order valence-corrected chi connectivity index (χ1v) is 10.9. The molecule has 0 unspecified atom stereocenters. The molecule has 1 heterocycles. The number of fused-ring (bicyclic) bond motifs is 1. The maximum Gasteiger partial charge on any atom is 0.238 e. The molecule has 0 spiro atoms. The van der Waals surface area contributed by atoms with Gasteiger partial charge in [-0.1, -0.05) is 20.3 Å². The molecule has 2 N–H and O–H groups in total. The molecule has 164 valence electrons. The van der Waals surface area contributed by atoms with E-state index in [2.05, 4.69) is 29.5 Å². The third-order valence-electron chi connectivity index (χ3n) is 4.71. The molecule has 0 atom stereocenters. The summed E-state index contributed by atoms with van der Waals surface area (Å²) in [5, 5.41) is 6.89. The third-order valence-corrected chi connectivity index (χ3v) is 4.71. The summed E-state index contributed by atoms with van der Waals surface area (Å²) in [5.74, 6) is 2.17. The number of pyridine rings is 1. The van der Waals surface area contributed by atoms with Crippen molar-refractivity contribution in [2.75, 3.05) is 25.0 Å². The number of nitrogens with one attached hydrogen (secondary N) is 2. The Morgan fingerprint density at radius 1 is 1.00 bits per heavy atom. The van der Waals surface area contributed by atoms with Crippen LogP contribution in [0.25, 0.3) is 10.9 Å². The predicted molar refractivity (Wildman–Crippen MR) is 125 cm³/mol. The largest absolute Gasteiger partial charge is 0.493 e. The number of hydrogen-bond acceptors (Lipinski definition) is 5. The van der Waals surface area contributed by atoms with Crippen LogP contribution in [0, 0.1) is 6.92 Å². The number of carbonyl (C=O) groups is 1. The fourth-order valence-electron chi connectivity index (χ4n) is 3.14. The number of hydrogen-bond donors (Lipinski definition) is 2. The average Bonchev–Trinajstić information content (AvgIpc) is 2.76. The van der Waals surface area contributed by atoms with E-state index in [9.17, 15) is 4.79 Å². The lowest BCUT2D eigenvalue weighted by Crippen LogP contribution is -2.28. The zero-order chi connectivity index (χ0) is 22.1. The van der Waals surface area contributed by atoms with Crippen LogP contribution in [0.1, 0.15) is 38.8 Å². The van der Waals surface area contributed by atoms with Crippen LogP contribution in [0.2, 0.25) is 0 Å². The van der Waals surface area contributed by atoms with Crippen LogP contribution >= 0.6 is 0 Å². The summed E-state index contributed by atoms with van der Waals surface area (Å²) < 4.78 is 12.0. The highest BCUT2D eigenvalue weighted by molar-refractivity contribution is 5.92. The summed E-state index contributed by atoms with van der Waals surface area (Å²) in [7, 11) is 0. The lowest BCUT2D eigenvalue weighted by Gasteiger charge is -2.12.